The van der Waals surface area contributed by atoms with E-state index in [2.05, 4.69) is 10.00 Å². The number of benzene rings is 1. The van der Waals surface area contributed by atoms with Crippen molar-refractivity contribution in [2.45, 2.75) is 19.4 Å². The Morgan fingerprint density at radius 3 is 2.60 bits per heavy atom. The second kappa shape index (κ2) is 10.2. The summed E-state index contributed by atoms with van der Waals surface area (Å²) in [6.45, 7) is 6.28. The van der Waals surface area contributed by atoms with Gasteiger partial charge in [0.05, 0.1) is 48.0 Å². The fourth-order valence-electron chi connectivity index (χ4n) is 4.76. The topological polar surface area (TPSA) is 87.9 Å². The number of hydrogen-bond acceptors (Lipinski definition) is 7. The summed E-state index contributed by atoms with van der Waals surface area (Å²) in [5.41, 5.74) is 2.11. The first-order valence-electron chi connectivity index (χ1n) is 11.8. The van der Waals surface area contributed by atoms with Crippen LogP contribution in [-0.4, -0.2) is 75.8 Å². The molecule has 2 saturated heterocycles. The molecular weight excluding hydrogens is 464 g/mol. The molecule has 1 atom stereocenters. The Balaban J connectivity index is 1.47. The van der Waals surface area contributed by atoms with Crippen molar-refractivity contribution in [3.05, 3.63) is 75.7 Å². The number of ether oxygens (including phenoxy) is 1. The van der Waals surface area contributed by atoms with Gasteiger partial charge in [-0.05, 0) is 36.9 Å². The molecule has 5 rings (SSSR count). The zero-order valence-corrected chi connectivity index (χ0v) is 20.4. The number of aliphatic hydroxyl groups is 1. The number of ketones is 1. The first-order valence-corrected chi connectivity index (χ1v) is 12.7. The monoisotopic (exact) mass is 492 g/mol. The summed E-state index contributed by atoms with van der Waals surface area (Å²) in [6, 6.07) is 12.8. The maximum atomic E-state index is 13.2. The van der Waals surface area contributed by atoms with Crippen LogP contribution in [0.15, 0.2) is 59.6 Å². The molecule has 0 bridgehead atoms. The molecule has 3 aromatic rings. The Labute approximate surface area is 208 Å². The summed E-state index contributed by atoms with van der Waals surface area (Å²) in [5.74, 6) is -1.41. The summed E-state index contributed by atoms with van der Waals surface area (Å²) in [5, 5.41) is 17.7. The SMILES string of the molecule is Cc1c(/C(O)=C2\C(=O)C(=O)N(CCCN3CCOCC3)C2c2cccs2)cnn1-c1ccccc1. The van der Waals surface area contributed by atoms with Crippen molar-refractivity contribution < 1.29 is 19.4 Å². The van der Waals surface area contributed by atoms with Crippen LogP contribution in [0.25, 0.3) is 11.4 Å². The fraction of sp³-hybridized carbons (Fsp3) is 0.346. The number of carbonyl (C=O) groups is 2. The number of aliphatic hydroxyl groups excluding tert-OH is 1. The Bertz CT molecular complexity index is 1230. The molecule has 0 saturated carbocycles. The van der Waals surface area contributed by atoms with Crippen LogP contribution < -0.4 is 0 Å². The van der Waals surface area contributed by atoms with E-state index in [9.17, 15) is 14.7 Å². The van der Waals surface area contributed by atoms with Crippen molar-refractivity contribution in [3.63, 3.8) is 0 Å². The minimum absolute atomic E-state index is 0.125. The van der Waals surface area contributed by atoms with Gasteiger partial charge in [-0.3, -0.25) is 14.5 Å². The summed E-state index contributed by atoms with van der Waals surface area (Å²) in [6.07, 6.45) is 2.29. The Kier molecular flexibility index (Phi) is 6.81. The smallest absolute Gasteiger partial charge is 0.295 e. The minimum Gasteiger partial charge on any atom is -0.507 e. The molecule has 8 nitrogen and oxygen atoms in total. The molecule has 4 heterocycles. The van der Waals surface area contributed by atoms with E-state index in [-0.39, 0.29) is 11.3 Å². The second-order valence-corrected chi connectivity index (χ2v) is 9.69. The van der Waals surface area contributed by atoms with Crippen molar-refractivity contribution in [2.24, 2.45) is 0 Å². The van der Waals surface area contributed by atoms with Gasteiger partial charge in [0.25, 0.3) is 11.7 Å². The van der Waals surface area contributed by atoms with Crippen LogP contribution in [0, 0.1) is 6.92 Å². The first kappa shape index (κ1) is 23.5. The maximum absolute atomic E-state index is 13.2. The molecule has 1 unspecified atom stereocenters. The van der Waals surface area contributed by atoms with Crippen molar-refractivity contribution >= 4 is 28.8 Å². The van der Waals surface area contributed by atoms with E-state index in [0.29, 0.717) is 17.8 Å². The standard InChI is InChI=1S/C26H28N4O4S/c1-18-20(17-27-30(18)19-7-3-2-4-8-19)24(31)22-23(21-9-5-16-35-21)29(26(33)25(22)32)11-6-10-28-12-14-34-15-13-28/h2-5,7-9,16-17,23,31H,6,10-15H2,1H3/b24-22+. The van der Waals surface area contributed by atoms with Crippen molar-refractivity contribution in [3.8, 4) is 5.69 Å². The number of para-hydroxylation sites is 1. The van der Waals surface area contributed by atoms with E-state index in [1.165, 1.54) is 11.3 Å². The number of aromatic nitrogens is 2. The molecule has 2 aliphatic heterocycles. The van der Waals surface area contributed by atoms with Crippen LogP contribution in [0.4, 0.5) is 0 Å². The molecule has 182 valence electrons. The molecule has 1 aromatic carbocycles. The molecule has 0 spiro atoms. The van der Waals surface area contributed by atoms with E-state index in [1.807, 2.05) is 54.8 Å². The molecule has 0 radical (unpaired) electrons. The highest BCUT2D eigenvalue weighted by molar-refractivity contribution is 7.10. The predicted molar refractivity (Wildman–Crippen MR) is 134 cm³/mol. The van der Waals surface area contributed by atoms with Gasteiger partial charge in [-0.15, -0.1) is 11.3 Å². The van der Waals surface area contributed by atoms with Gasteiger partial charge in [-0.1, -0.05) is 24.3 Å². The molecule has 9 heteroatoms. The highest BCUT2D eigenvalue weighted by atomic mass is 32.1. The van der Waals surface area contributed by atoms with Gasteiger partial charge in [0.1, 0.15) is 5.76 Å². The number of morpholine rings is 1. The number of hydrogen-bond donors (Lipinski definition) is 1. The average Bonchev–Trinajstić information content (AvgIpc) is 3.60. The van der Waals surface area contributed by atoms with Gasteiger partial charge in [-0.2, -0.15) is 5.10 Å². The zero-order chi connectivity index (χ0) is 24.4. The van der Waals surface area contributed by atoms with Crippen molar-refractivity contribution in [2.75, 3.05) is 39.4 Å². The lowest BCUT2D eigenvalue weighted by molar-refractivity contribution is -0.140. The van der Waals surface area contributed by atoms with Gasteiger partial charge in [0.15, 0.2) is 0 Å². The van der Waals surface area contributed by atoms with E-state index < -0.39 is 17.7 Å². The van der Waals surface area contributed by atoms with E-state index in [1.54, 1.807) is 15.8 Å². The second-order valence-electron chi connectivity index (χ2n) is 8.71. The number of amides is 1. The maximum Gasteiger partial charge on any atom is 0.295 e. The van der Waals surface area contributed by atoms with Gasteiger partial charge < -0.3 is 14.7 Å². The number of thiophene rings is 1. The molecule has 1 N–H and O–H groups in total. The lowest BCUT2D eigenvalue weighted by atomic mass is 10.00. The Morgan fingerprint density at radius 1 is 1.11 bits per heavy atom. The third-order valence-corrected chi connectivity index (χ3v) is 7.52. The highest BCUT2D eigenvalue weighted by Crippen LogP contribution is 2.41. The Hall–Kier alpha value is -3.27. The normalized spacial score (nSPS) is 20.6. The quantitative estimate of drug-likeness (QED) is 0.309. The van der Waals surface area contributed by atoms with Crippen molar-refractivity contribution in [1.29, 1.82) is 0 Å². The average molecular weight is 493 g/mol. The number of nitrogens with zero attached hydrogens (tertiary/aromatic N) is 4. The van der Waals surface area contributed by atoms with E-state index >= 15 is 0 Å². The predicted octanol–water partition coefficient (Wildman–Crippen LogP) is 3.39. The molecular formula is C26H28N4O4S. The molecule has 1 amide bonds. The van der Waals surface area contributed by atoms with Gasteiger partial charge in [0, 0.05) is 31.1 Å². The summed E-state index contributed by atoms with van der Waals surface area (Å²) < 4.78 is 7.12. The van der Waals surface area contributed by atoms with Gasteiger partial charge in [-0.25, -0.2) is 4.68 Å². The van der Waals surface area contributed by atoms with Crippen LogP contribution in [-0.2, 0) is 14.3 Å². The third kappa shape index (κ3) is 4.54. The number of likely N-dealkylation sites (tertiary alicyclic amines) is 1. The zero-order valence-electron chi connectivity index (χ0n) is 19.6. The summed E-state index contributed by atoms with van der Waals surface area (Å²) in [4.78, 5) is 31.1. The van der Waals surface area contributed by atoms with Crippen LogP contribution in [0.2, 0.25) is 0 Å². The van der Waals surface area contributed by atoms with Crippen LogP contribution in [0.5, 0.6) is 0 Å². The molecule has 2 aromatic heterocycles. The molecule has 2 fully saturated rings. The fourth-order valence-corrected chi connectivity index (χ4v) is 5.60. The van der Waals surface area contributed by atoms with Crippen molar-refractivity contribution in [1.82, 2.24) is 19.6 Å². The molecule has 35 heavy (non-hydrogen) atoms. The van der Waals surface area contributed by atoms with Gasteiger partial charge >= 0.3 is 0 Å². The minimum atomic E-state index is -0.654. The molecule has 2 aliphatic rings. The number of carbonyl (C=O) groups excluding carboxylic acids is 2. The highest BCUT2D eigenvalue weighted by Gasteiger charge is 2.46. The Morgan fingerprint density at radius 2 is 1.89 bits per heavy atom. The lowest BCUT2D eigenvalue weighted by Crippen LogP contribution is -2.38. The number of rotatable bonds is 7. The van der Waals surface area contributed by atoms with Crippen LogP contribution in [0.3, 0.4) is 0 Å². The third-order valence-electron chi connectivity index (χ3n) is 6.60. The molecule has 0 aliphatic carbocycles. The van der Waals surface area contributed by atoms with E-state index in [0.717, 1.165) is 49.8 Å². The van der Waals surface area contributed by atoms with Crippen LogP contribution in [0.1, 0.15) is 28.6 Å². The summed E-state index contributed by atoms with van der Waals surface area (Å²) in [7, 11) is 0. The first-order chi connectivity index (χ1) is 17.1. The lowest BCUT2D eigenvalue weighted by Gasteiger charge is -2.28. The van der Waals surface area contributed by atoms with Crippen LogP contribution >= 0.6 is 11.3 Å². The largest absolute Gasteiger partial charge is 0.507 e. The van der Waals surface area contributed by atoms with E-state index in [4.69, 9.17) is 4.74 Å². The number of Topliss-reactive ketones (excluding diaryl/α,β-unsaturated/α-hetero) is 1. The summed E-state index contributed by atoms with van der Waals surface area (Å²) >= 11 is 1.47. The van der Waals surface area contributed by atoms with Gasteiger partial charge in [0.2, 0.25) is 0 Å².